The highest BCUT2D eigenvalue weighted by Gasteiger charge is 2.32. The summed E-state index contributed by atoms with van der Waals surface area (Å²) in [5, 5.41) is 5.76. The minimum Gasteiger partial charge on any atom is -0.448 e. The number of fused-ring (bicyclic) bond motifs is 3. The van der Waals surface area contributed by atoms with Gasteiger partial charge in [0.2, 0.25) is 0 Å². The van der Waals surface area contributed by atoms with Crippen molar-refractivity contribution >= 4 is 34.4 Å². The van der Waals surface area contributed by atoms with Crippen LogP contribution >= 0.6 is 0 Å². The van der Waals surface area contributed by atoms with Gasteiger partial charge in [-0.3, -0.25) is 0 Å². The second-order valence-electron chi connectivity index (χ2n) is 8.34. The van der Waals surface area contributed by atoms with Gasteiger partial charge in [0.05, 0.1) is 37.1 Å². The number of primary amides is 1. The number of rotatable bonds is 7. The lowest BCUT2D eigenvalue weighted by atomic mass is 9.95. The lowest BCUT2D eigenvalue weighted by Gasteiger charge is -2.34. The lowest BCUT2D eigenvalue weighted by Crippen LogP contribution is -2.39. The Morgan fingerprint density at radius 3 is 2.55 bits per heavy atom. The van der Waals surface area contributed by atoms with E-state index in [1.165, 1.54) is 11.9 Å². The predicted octanol–water partition coefficient (Wildman–Crippen LogP) is 4.83. The number of nitrogens with one attached hydrogen (secondary N) is 2. The topological polar surface area (TPSA) is 119 Å². The largest absolute Gasteiger partial charge is 0.448 e. The number of benzene rings is 2. The number of hydrogen-bond acceptors (Lipinski definition) is 6. The zero-order chi connectivity index (χ0) is 27.6. The zero-order valence-corrected chi connectivity index (χ0v) is 19.9. The molecule has 14 heteroatoms. The van der Waals surface area contributed by atoms with Crippen LogP contribution in [0.3, 0.4) is 0 Å². The highest BCUT2D eigenvalue weighted by molar-refractivity contribution is 5.96. The lowest BCUT2D eigenvalue weighted by molar-refractivity contribution is 0.0529. The van der Waals surface area contributed by atoms with Gasteiger partial charge in [-0.15, -0.1) is 0 Å². The second-order valence-corrected chi connectivity index (χ2v) is 8.34. The van der Waals surface area contributed by atoms with Gasteiger partial charge >= 0.3 is 12.1 Å². The van der Waals surface area contributed by atoms with Crippen molar-refractivity contribution in [1.82, 2.24) is 9.88 Å². The van der Waals surface area contributed by atoms with Crippen molar-refractivity contribution in [3.63, 3.8) is 0 Å². The van der Waals surface area contributed by atoms with Crippen LogP contribution in [0.15, 0.2) is 30.3 Å². The molecule has 0 saturated carbocycles. The molecule has 202 valence electrons. The van der Waals surface area contributed by atoms with Crippen LogP contribution in [0.5, 0.6) is 0 Å². The Morgan fingerprint density at radius 2 is 1.87 bits per heavy atom. The van der Waals surface area contributed by atoms with Gasteiger partial charge in [-0.25, -0.2) is 36.5 Å². The van der Waals surface area contributed by atoms with Crippen LogP contribution in [0.2, 0.25) is 0 Å². The average Bonchev–Trinajstić information content (AvgIpc) is 2.87. The third-order valence-electron chi connectivity index (χ3n) is 5.92. The normalized spacial score (nSPS) is 14.8. The number of amides is 3. The Hall–Kier alpha value is -4.20. The van der Waals surface area contributed by atoms with E-state index in [4.69, 9.17) is 10.5 Å². The molecule has 4 rings (SSSR count). The Morgan fingerprint density at radius 1 is 1.16 bits per heavy atom. The van der Waals surface area contributed by atoms with Crippen LogP contribution in [0.1, 0.15) is 29.3 Å². The van der Waals surface area contributed by atoms with Crippen LogP contribution in [0.4, 0.5) is 43.0 Å². The summed E-state index contributed by atoms with van der Waals surface area (Å²) in [6, 6.07) is 3.12. The molecule has 1 aliphatic heterocycles. The highest BCUT2D eigenvalue weighted by atomic mass is 19.3. The first kappa shape index (κ1) is 26.9. The molecule has 1 aromatic heterocycles. The monoisotopic (exact) mass is 539 g/mol. The van der Waals surface area contributed by atoms with Crippen molar-refractivity contribution in [2.75, 3.05) is 37.4 Å². The number of carbonyl (C=O) groups is 2. The summed E-state index contributed by atoms with van der Waals surface area (Å²) < 4.78 is 78.6. The molecule has 2 heterocycles. The van der Waals surface area contributed by atoms with Gasteiger partial charge in [-0.1, -0.05) is 0 Å². The molecular weight excluding hydrogens is 517 g/mol. The first-order valence-corrected chi connectivity index (χ1v) is 11.2. The number of ether oxygens (including phenoxy) is 2. The smallest absolute Gasteiger partial charge is 0.404 e. The molecule has 0 fully saturated rings. The Kier molecular flexibility index (Phi) is 7.80. The van der Waals surface area contributed by atoms with Crippen molar-refractivity contribution in [3.05, 3.63) is 64.6 Å². The van der Waals surface area contributed by atoms with E-state index in [9.17, 15) is 31.5 Å². The number of urea groups is 1. The van der Waals surface area contributed by atoms with Crippen LogP contribution < -0.4 is 16.4 Å². The summed E-state index contributed by atoms with van der Waals surface area (Å²) in [4.78, 5) is 29.4. The molecule has 38 heavy (non-hydrogen) atoms. The van der Waals surface area contributed by atoms with Gasteiger partial charge in [0.25, 0.3) is 6.43 Å². The number of aromatic nitrogens is 1. The van der Waals surface area contributed by atoms with Gasteiger partial charge in [0, 0.05) is 23.7 Å². The number of halogens is 5. The number of hydrogen-bond donors (Lipinski definition) is 3. The van der Waals surface area contributed by atoms with E-state index < -0.39 is 47.6 Å². The van der Waals surface area contributed by atoms with Gasteiger partial charge in [-0.2, -0.15) is 0 Å². The molecule has 0 aliphatic carbocycles. The quantitative estimate of drug-likeness (QED) is 0.292. The maximum Gasteiger partial charge on any atom is 0.404 e. The van der Waals surface area contributed by atoms with Crippen molar-refractivity contribution in [1.29, 1.82) is 0 Å². The van der Waals surface area contributed by atoms with E-state index in [2.05, 4.69) is 20.4 Å². The highest BCUT2D eigenvalue weighted by Crippen LogP contribution is 2.38. The number of likely N-dealkylation sites (N-methyl/N-ethyl adjacent to an activating group) is 1. The summed E-state index contributed by atoms with van der Waals surface area (Å²) in [5.74, 6) is -3.21. The number of carbonyl (C=O) groups excluding carboxylic acids is 2. The third kappa shape index (κ3) is 5.54. The van der Waals surface area contributed by atoms with Gasteiger partial charge in [0.1, 0.15) is 18.2 Å². The average molecular weight is 539 g/mol. The first-order valence-electron chi connectivity index (χ1n) is 11.2. The van der Waals surface area contributed by atoms with Crippen LogP contribution in [-0.2, 0) is 16.1 Å². The van der Waals surface area contributed by atoms with Crippen LogP contribution in [0.25, 0.3) is 10.8 Å². The number of anilines is 2. The molecular formula is C24H22F5N5O4. The maximum atomic E-state index is 14.4. The Labute approximate surface area is 212 Å². The van der Waals surface area contributed by atoms with Crippen molar-refractivity contribution in [2.24, 2.45) is 5.73 Å². The minimum absolute atomic E-state index is 0.00158. The third-order valence-corrected chi connectivity index (χ3v) is 5.92. The second kappa shape index (κ2) is 11.0. The van der Waals surface area contributed by atoms with E-state index in [0.29, 0.717) is 11.3 Å². The van der Waals surface area contributed by atoms with Gasteiger partial charge in [0.15, 0.2) is 11.6 Å². The van der Waals surface area contributed by atoms with E-state index >= 15 is 0 Å². The SMILES string of the molecule is CN(C(=O)Nc1ccc(F)c(C(F)F)c1)C1COCc2nc(NCCOC(N)=O)c3cc(F)c(F)cc3c21. The van der Waals surface area contributed by atoms with Crippen LogP contribution in [-0.4, -0.2) is 48.8 Å². The summed E-state index contributed by atoms with van der Waals surface area (Å²) in [6.45, 7) is -0.0817. The molecule has 1 unspecified atom stereocenters. The molecule has 0 bridgehead atoms. The van der Waals surface area contributed by atoms with E-state index in [1.807, 2.05) is 0 Å². The van der Waals surface area contributed by atoms with E-state index in [-0.39, 0.29) is 48.6 Å². The van der Waals surface area contributed by atoms with Crippen molar-refractivity contribution in [3.8, 4) is 0 Å². The molecule has 3 aromatic rings. The standard InChI is InChI=1S/C24H22F5N5O4/c1-34(24(36)32-11-2-3-15(25)14(6-11)21(28)29)19-10-37-9-18-20(19)12-7-16(26)17(27)8-13(12)22(33-18)31-4-5-38-23(30)35/h2-3,6-8,19,21H,4-5,9-10H2,1H3,(H2,30,35)(H,31,33)(H,32,36). The molecule has 9 nitrogen and oxygen atoms in total. The summed E-state index contributed by atoms with van der Waals surface area (Å²) in [7, 11) is 1.40. The van der Waals surface area contributed by atoms with Crippen LogP contribution in [0, 0.1) is 17.5 Å². The molecule has 0 radical (unpaired) electrons. The minimum atomic E-state index is -3.08. The molecule has 4 N–H and O–H groups in total. The fraction of sp³-hybridized carbons (Fsp3) is 0.292. The maximum absolute atomic E-state index is 14.4. The predicted molar refractivity (Wildman–Crippen MR) is 126 cm³/mol. The molecule has 1 atom stereocenters. The first-order chi connectivity index (χ1) is 18.1. The number of nitrogens with zero attached hydrogens (tertiary/aromatic N) is 2. The number of pyridine rings is 1. The molecule has 3 amide bonds. The molecule has 0 saturated heterocycles. The summed E-state index contributed by atoms with van der Waals surface area (Å²) in [5.41, 5.74) is 4.73. The number of nitrogens with two attached hydrogens (primary N) is 1. The zero-order valence-electron chi connectivity index (χ0n) is 19.9. The van der Waals surface area contributed by atoms with Gasteiger partial charge in [-0.05, 0) is 35.7 Å². The summed E-state index contributed by atoms with van der Waals surface area (Å²) in [6.07, 6.45) is -4.06. The molecule has 1 aliphatic rings. The summed E-state index contributed by atoms with van der Waals surface area (Å²) >= 11 is 0. The van der Waals surface area contributed by atoms with Crippen molar-refractivity contribution < 1.29 is 41.0 Å². The van der Waals surface area contributed by atoms with E-state index in [1.54, 1.807) is 0 Å². The Balaban J connectivity index is 1.67. The number of alkyl halides is 2. The molecule has 0 spiro atoms. The Bertz CT molecular complexity index is 1390. The van der Waals surface area contributed by atoms with Gasteiger partial charge < -0.3 is 30.7 Å². The van der Waals surface area contributed by atoms with Crippen molar-refractivity contribution in [2.45, 2.75) is 19.1 Å². The molecule has 2 aromatic carbocycles. The fourth-order valence-corrected chi connectivity index (χ4v) is 4.11. The van der Waals surface area contributed by atoms with E-state index in [0.717, 1.165) is 30.3 Å². The fourth-order valence-electron chi connectivity index (χ4n) is 4.11.